The van der Waals surface area contributed by atoms with E-state index in [-0.39, 0.29) is 24.3 Å². The molecular formula is C15H24N2O4. The van der Waals surface area contributed by atoms with Crippen molar-refractivity contribution in [1.82, 2.24) is 9.80 Å². The van der Waals surface area contributed by atoms with Gasteiger partial charge in [0, 0.05) is 12.6 Å². The molecular weight excluding hydrogens is 272 g/mol. The van der Waals surface area contributed by atoms with Gasteiger partial charge in [0.25, 0.3) is 0 Å². The second-order valence-corrected chi connectivity index (χ2v) is 6.30. The second kappa shape index (κ2) is 5.75. The van der Waals surface area contributed by atoms with Gasteiger partial charge in [-0.1, -0.05) is 13.3 Å². The molecule has 0 aromatic heterocycles. The van der Waals surface area contributed by atoms with Gasteiger partial charge in [-0.2, -0.15) is 0 Å². The summed E-state index contributed by atoms with van der Waals surface area (Å²) in [5.74, 6) is -1.30. The molecule has 6 nitrogen and oxygen atoms in total. The third-order valence-electron chi connectivity index (χ3n) is 4.65. The SMILES string of the molecule is CCCC1(C(=O)O)CCCN1C1CC(=O)N(C(C)C)C1=O. The molecule has 2 unspecified atom stereocenters. The van der Waals surface area contributed by atoms with E-state index in [9.17, 15) is 19.5 Å². The summed E-state index contributed by atoms with van der Waals surface area (Å²) in [6, 6.07) is -0.784. The minimum atomic E-state index is -0.984. The van der Waals surface area contributed by atoms with Crippen molar-refractivity contribution >= 4 is 17.8 Å². The van der Waals surface area contributed by atoms with Gasteiger partial charge >= 0.3 is 5.97 Å². The Morgan fingerprint density at radius 1 is 1.43 bits per heavy atom. The Labute approximate surface area is 125 Å². The van der Waals surface area contributed by atoms with Gasteiger partial charge < -0.3 is 5.11 Å². The van der Waals surface area contributed by atoms with Crippen LogP contribution < -0.4 is 0 Å². The van der Waals surface area contributed by atoms with Crippen molar-refractivity contribution in [2.24, 2.45) is 0 Å². The van der Waals surface area contributed by atoms with E-state index in [1.807, 2.05) is 6.92 Å². The average molecular weight is 296 g/mol. The highest BCUT2D eigenvalue weighted by molar-refractivity contribution is 6.06. The molecule has 2 rings (SSSR count). The summed E-state index contributed by atoms with van der Waals surface area (Å²) in [5.41, 5.74) is -0.984. The lowest BCUT2D eigenvalue weighted by molar-refractivity contribution is -0.153. The van der Waals surface area contributed by atoms with Crippen LogP contribution in [-0.2, 0) is 14.4 Å². The minimum Gasteiger partial charge on any atom is -0.480 e. The molecule has 2 aliphatic heterocycles. The number of hydrogen-bond donors (Lipinski definition) is 1. The Morgan fingerprint density at radius 3 is 2.57 bits per heavy atom. The third kappa shape index (κ3) is 2.46. The Bertz CT molecular complexity index is 463. The Morgan fingerprint density at radius 2 is 2.10 bits per heavy atom. The number of hydrogen-bond acceptors (Lipinski definition) is 4. The van der Waals surface area contributed by atoms with Crippen LogP contribution in [0.2, 0.25) is 0 Å². The van der Waals surface area contributed by atoms with Crippen molar-refractivity contribution in [3.8, 4) is 0 Å². The van der Waals surface area contributed by atoms with Gasteiger partial charge in [0.1, 0.15) is 5.54 Å². The highest BCUT2D eigenvalue weighted by Crippen LogP contribution is 2.38. The lowest BCUT2D eigenvalue weighted by Gasteiger charge is -2.37. The van der Waals surface area contributed by atoms with Crippen LogP contribution in [0.5, 0.6) is 0 Å². The first-order valence-electron chi connectivity index (χ1n) is 7.71. The van der Waals surface area contributed by atoms with Crippen LogP contribution in [0.25, 0.3) is 0 Å². The molecule has 0 saturated carbocycles. The van der Waals surface area contributed by atoms with Gasteiger partial charge in [0.05, 0.1) is 12.5 Å². The maximum atomic E-state index is 12.5. The molecule has 118 valence electrons. The number of aliphatic carboxylic acids is 1. The van der Waals surface area contributed by atoms with Gasteiger partial charge in [0.2, 0.25) is 11.8 Å². The van der Waals surface area contributed by atoms with E-state index in [2.05, 4.69) is 0 Å². The highest BCUT2D eigenvalue weighted by Gasteiger charge is 2.54. The number of likely N-dealkylation sites (tertiary alicyclic amines) is 2. The molecule has 2 saturated heterocycles. The quantitative estimate of drug-likeness (QED) is 0.772. The lowest BCUT2D eigenvalue weighted by atomic mass is 9.89. The van der Waals surface area contributed by atoms with Crippen LogP contribution in [-0.4, -0.2) is 56.9 Å². The van der Waals surface area contributed by atoms with Crippen molar-refractivity contribution in [3.63, 3.8) is 0 Å². The summed E-state index contributed by atoms with van der Waals surface area (Å²) in [4.78, 5) is 39.5. The molecule has 1 N–H and O–H groups in total. The molecule has 2 fully saturated rings. The summed E-state index contributed by atoms with van der Waals surface area (Å²) >= 11 is 0. The average Bonchev–Trinajstić information content (AvgIpc) is 2.92. The standard InChI is InChI=1S/C15H24N2O4/c1-4-6-15(14(20)21)7-5-8-16(15)11-9-12(18)17(10(2)3)13(11)19/h10-11H,4-9H2,1-3H3,(H,20,21). The fraction of sp³-hybridized carbons (Fsp3) is 0.800. The number of rotatable bonds is 5. The molecule has 0 radical (unpaired) electrons. The molecule has 2 atom stereocenters. The van der Waals surface area contributed by atoms with E-state index in [1.165, 1.54) is 4.90 Å². The van der Waals surface area contributed by atoms with Crippen molar-refractivity contribution in [1.29, 1.82) is 0 Å². The molecule has 0 bridgehead atoms. The van der Waals surface area contributed by atoms with Crippen LogP contribution >= 0.6 is 0 Å². The van der Waals surface area contributed by atoms with Crippen LogP contribution in [0.4, 0.5) is 0 Å². The van der Waals surface area contributed by atoms with Gasteiger partial charge in [-0.05, 0) is 33.1 Å². The number of carbonyl (C=O) groups is 3. The van der Waals surface area contributed by atoms with E-state index in [0.29, 0.717) is 19.4 Å². The zero-order valence-electron chi connectivity index (χ0n) is 13.0. The number of amides is 2. The van der Waals surface area contributed by atoms with Crippen molar-refractivity contribution in [2.75, 3.05) is 6.54 Å². The molecule has 0 aromatic carbocycles. The van der Waals surface area contributed by atoms with Crippen LogP contribution in [0, 0.1) is 0 Å². The molecule has 2 heterocycles. The maximum Gasteiger partial charge on any atom is 0.324 e. The first kappa shape index (κ1) is 15.9. The lowest BCUT2D eigenvalue weighted by Crippen LogP contribution is -2.56. The molecule has 0 aromatic rings. The van der Waals surface area contributed by atoms with E-state index in [1.54, 1.807) is 18.7 Å². The van der Waals surface area contributed by atoms with E-state index >= 15 is 0 Å². The van der Waals surface area contributed by atoms with Gasteiger partial charge in [-0.25, -0.2) is 0 Å². The van der Waals surface area contributed by atoms with Crippen molar-refractivity contribution < 1.29 is 19.5 Å². The van der Waals surface area contributed by atoms with Gasteiger partial charge in [-0.3, -0.25) is 24.2 Å². The van der Waals surface area contributed by atoms with E-state index < -0.39 is 17.6 Å². The van der Waals surface area contributed by atoms with Gasteiger partial charge in [0.15, 0.2) is 0 Å². The monoisotopic (exact) mass is 296 g/mol. The fourth-order valence-corrected chi connectivity index (χ4v) is 3.79. The van der Waals surface area contributed by atoms with Crippen LogP contribution in [0.3, 0.4) is 0 Å². The largest absolute Gasteiger partial charge is 0.480 e. The number of carboxylic acid groups (broad SMARTS) is 1. The molecule has 2 amide bonds. The van der Waals surface area contributed by atoms with Gasteiger partial charge in [-0.15, -0.1) is 0 Å². The normalized spacial score (nSPS) is 30.7. The summed E-state index contributed by atoms with van der Waals surface area (Å²) in [6.45, 7) is 6.13. The zero-order chi connectivity index (χ0) is 15.8. The fourth-order valence-electron chi connectivity index (χ4n) is 3.79. The summed E-state index contributed by atoms with van der Waals surface area (Å²) in [5, 5.41) is 9.70. The Hall–Kier alpha value is -1.43. The predicted molar refractivity (Wildman–Crippen MR) is 76.6 cm³/mol. The molecule has 6 heteroatoms. The summed E-state index contributed by atoms with van der Waals surface area (Å²) in [7, 11) is 0. The van der Waals surface area contributed by atoms with Crippen molar-refractivity contribution in [2.45, 2.75) is 70.5 Å². The smallest absolute Gasteiger partial charge is 0.324 e. The number of imide groups is 1. The first-order valence-corrected chi connectivity index (χ1v) is 7.71. The second-order valence-electron chi connectivity index (χ2n) is 6.30. The molecule has 2 aliphatic rings. The molecule has 0 spiro atoms. The first-order chi connectivity index (χ1) is 9.85. The van der Waals surface area contributed by atoms with Crippen molar-refractivity contribution in [3.05, 3.63) is 0 Å². The predicted octanol–water partition coefficient (Wildman–Crippen LogP) is 1.24. The number of carbonyl (C=O) groups excluding carboxylic acids is 2. The summed E-state index contributed by atoms with van der Waals surface area (Å²) in [6.07, 6.45) is 2.67. The third-order valence-corrected chi connectivity index (χ3v) is 4.65. The molecule has 21 heavy (non-hydrogen) atoms. The Balaban J connectivity index is 2.30. The maximum absolute atomic E-state index is 12.5. The minimum absolute atomic E-state index is 0.107. The summed E-state index contributed by atoms with van der Waals surface area (Å²) < 4.78 is 0. The van der Waals surface area contributed by atoms with Crippen LogP contribution in [0.15, 0.2) is 0 Å². The molecule has 0 aliphatic carbocycles. The van der Waals surface area contributed by atoms with E-state index in [0.717, 1.165) is 12.8 Å². The topological polar surface area (TPSA) is 77.9 Å². The van der Waals surface area contributed by atoms with Crippen LogP contribution in [0.1, 0.15) is 52.9 Å². The van der Waals surface area contributed by atoms with E-state index in [4.69, 9.17) is 0 Å². The highest BCUT2D eigenvalue weighted by atomic mass is 16.4. The zero-order valence-corrected chi connectivity index (χ0v) is 13.0. The Kier molecular flexibility index (Phi) is 4.37. The number of carboxylic acids is 1. The number of nitrogens with zero attached hydrogens (tertiary/aromatic N) is 2.